The summed E-state index contributed by atoms with van der Waals surface area (Å²) in [6.07, 6.45) is 5.93. The van der Waals surface area contributed by atoms with Crippen LogP contribution in [0.1, 0.15) is 49.6 Å². The molecule has 0 spiro atoms. The van der Waals surface area contributed by atoms with Crippen molar-refractivity contribution in [3.63, 3.8) is 0 Å². The average molecular weight is 376 g/mol. The van der Waals surface area contributed by atoms with Crippen LogP contribution in [0.3, 0.4) is 0 Å². The molecule has 2 aromatic rings. The van der Waals surface area contributed by atoms with Gasteiger partial charge in [0.2, 0.25) is 0 Å². The summed E-state index contributed by atoms with van der Waals surface area (Å²) < 4.78 is 7.70. The summed E-state index contributed by atoms with van der Waals surface area (Å²) in [4.78, 5) is 8.80. The molecule has 2 aromatic heterocycles. The van der Waals surface area contributed by atoms with E-state index in [1.165, 1.54) is 0 Å². The third kappa shape index (κ3) is 6.13. The van der Waals surface area contributed by atoms with Crippen molar-refractivity contribution in [2.45, 2.75) is 59.6 Å². The van der Waals surface area contributed by atoms with E-state index >= 15 is 0 Å². The number of guanidine groups is 1. The molecule has 2 rings (SSSR count). The van der Waals surface area contributed by atoms with E-state index in [1.807, 2.05) is 46.2 Å². The zero-order chi connectivity index (χ0) is 19.9. The number of rotatable bonds is 9. The Morgan fingerprint density at radius 3 is 2.67 bits per heavy atom. The zero-order valence-corrected chi connectivity index (χ0v) is 17.2. The molecule has 1 unspecified atom stereocenters. The zero-order valence-electron chi connectivity index (χ0n) is 17.2. The first-order valence-electron chi connectivity index (χ1n) is 9.63. The lowest BCUT2D eigenvalue weighted by Crippen LogP contribution is -2.39. The van der Waals surface area contributed by atoms with E-state index in [-0.39, 0.29) is 6.54 Å². The molecule has 0 bridgehead atoms. The fraction of sp³-hybridized carbons (Fsp3) is 0.600. The summed E-state index contributed by atoms with van der Waals surface area (Å²) in [6.45, 7) is 12.4. The number of aromatic nitrogens is 2. The maximum atomic E-state index is 10.8. The number of furan rings is 1. The Hall–Kier alpha value is -2.28. The summed E-state index contributed by atoms with van der Waals surface area (Å²) in [5.41, 5.74) is -0.279. The number of aliphatic imine (C=N–C) groups is 1. The Labute approximate surface area is 161 Å². The normalized spacial score (nSPS) is 14.2. The molecule has 0 aliphatic carbocycles. The first-order valence-corrected chi connectivity index (χ1v) is 9.63. The van der Waals surface area contributed by atoms with Crippen molar-refractivity contribution in [3.05, 3.63) is 41.4 Å². The molecule has 0 fully saturated rings. The van der Waals surface area contributed by atoms with E-state index in [2.05, 4.69) is 25.2 Å². The van der Waals surface area contributed by atoms with Crippen molar-refractivity contribution in [1.82, 2.24) is 20.2 Å². The predicted molar refractivity (Wildman–Crippen MR) is 108 cm³/mol. The van der Waals surface area contributed by atoms with Crippen molar-refractivity contribution >= 4 is 5.96 Å². The molecule has 7 nitrogen and oxygen atoms in total. The summed E-state index contributed by atoms with van der Waals surface area (Å²) in [5.74, 6) is 3.30. The topological polar surface area (TPSA) is 87.6 Å². The molecule has 1 atom stereocenters. The second-order valence-electron chi connectivity index (χ2n) is 7.10. The minimum absolute atomic E-state index is 0.260. The second-order valence-corrected chi connectivity index (χ2v) is 7.10. The highest BCUT2D eigenvalue weighted by Crippen LogP contribution is 2.27. The van der Waals surface area contributed by atoms with Crippen molar-refractivity contribution in [1.29, 1.82) is 0 Å². The lowest BCUT2D eigenvalue weighted by atomic mass is 9.96. The molecule has 2 heterocycles. The number of unbranched alkanes of at least 4 members (excludes halogenated alkanes) is 1. The van der Waals surface area contributed by atoms with Gasteiger partial charge in [0.15, 0.2) is 5.96 Å². The predicted octanol–water partition coefficient (Wildman–Crippen LogP) is 2.64. The van der Waals surface area contributed by atoms with Gasteiger partial charge >= 0.3 is 0 Å². The first-order chi connectivity index (χ1) is 12.8. The van der Waals surface area contributed by atoms with Crippen LogP contribution in [0.15, 0.2) is 27.9 Å². The van der Waals surface area contributed by atoms with Gasteiger partial charge in [0.05, 0.1) is 6.54 Å². The van der Waals surface area contributed by atoms with Crippen LogP contribution in [0.4, 0.5) is 0 Å². The Morgan fingerprint density at radius 1 is 1.30 bits per heavy atom. The largest absolute Gasteiger partial charge is 0.466 e. The van der Waals surface area contributed by atoms with Gasteiger partial charge in [0, 0.05) is 37.6 Å². The van der Waals surface area contributed by atoms with E-state index in [4.69, 9.17) is 4.42 Å². The van der Waals surface area contributed by atoms with Crippen molar-refractivity contribution in [3.8, 4) is 0 Å². The van der Waals surface area contributed by atoms with Gasteiger partial charge in [0.25, 0.3) is 0 Å². The molecule has 27 heavy (non-hydrogen) atoms. The minimum Gasteiger partial charge on any atom is -0.466 e. The number of hydrogen-bond donors (Lipinski definition) is 3. The third-order valence-corrected chi connectivity index (χ3v) is 4.55. The Balaban J connectivity index is 1.84. The van der Waals surface area contributed by atoms with Crippen molar-refractivity contribution in [2.24, 2.45) is 4.99 Å². The molecular formula is C20H33N5O2. The van der Waals surface area contributed by atoms with Crippen LogP contribution in [0, 0.1) is 20.8 Å². The highest BCUT2D eigenvalue weighted by Gasteiger charge is 2.27. The smallest absolute Gasteiger partial charge is 0.191 e. The number of nitrogens with zero attached hydrogens (tertiary/aromatic N) is 3. The second kappa shape index (κ2) is 9.60. The maximum absolute atomic E-state index is 10.8. The van der Waals surface area contributed by atoms with Gasteiger partial charge in [0.1, 0.15) is 22.9 Å². The van der Waals surface area contributed by atoms with Crippen LogP contribution < -0.4 is 10.6 Å². The minimum atomic E-state index is -1.07. The highest BCUT2D eigenvalue weighted by atomic mass is 16.3. The van der Waals surface area contributed by atoms with E-state index < -0.39 is 5.60 Å². The number of imidazole rings is 1. The summed E-state index contributed by atoms with van der Waals surface area (Å²) >= 11 is 0. The molecular weight excluding hydrogens is 342 g/mol. The van der Waals surface area contributed by atoms with Crippen LogP contribution >= 0.6 is 0 Å². The van der Waals surface area contributed by atoms with E-state index in [1.54, 1.807) is 6.92 Å². The summed E-state index contributed by atoms with van der Waals surface area (Å²) in [7, 11) is 0. The lowest BCUT2D eigenvalue weighted by molar-refractivity contribution is 0.0657. The number of hydrogen-bond acceptors (Lipinski definition) is 4. The molecule has 7 heteroatoms. The fourth-order valence-electron chi connectivity index (χ4n) is 3.08. The van der Waals surface area contributed by atoms with Gasteiger partial charge in [-0.3, -0.25) is 0 Å². The van der Waals surface area contributed by atoms with E-state index in [0.29, 0.717) is 0 Å². The molecule has 0 aromatic carbocycles. The van der Waals surface area contributed by atoms with Gasteiger partial charge in [-0.15, -0.1) is 0 Å². The number of aliphatic hydroxyl groups is 1. The van der Waals surface area contributed by atoms with Crippen LogP contribution in [0.2, 0.25) is 0 Å². The molecule has 0 saturated carbocycles. The number of aryl methyl sites for hydroxylation is 4. The lowest BCUT2D eigenvalue weighted by Gasteiger charge is -2.21. The van der Waals surface area contributed by atoms with Crippen molar-refractivity contribution in [2.75, 3.05) is 19.6 Å². The van der Waals surface area contributed by atoms with Gasteiger partial charge in [-0.1, -0.05) is 0 Å². The van der Waals surface area contributed by atoms with Gasteiger partial charge < -0.3 is 24.7 Å². The average Bonchev–Trinajstić information content (AvgIpc) is 3.17. The molecule has 0 radical (unpaired) electrons. The van der Waals surface area contributed by atoms with Gasteiger partial charge in [-0.05, 0) is 53.5 Å². The maximum Gasteiger partial charge on any atom is 0.191 e. The van der Waals surface area contributed by atoms with Gasteiger partial charge in [-0.2, -0.15) is 0 Å². The van der Waals surface area contributed by atoms with E-state index in [9.17, 15) is 5.11 Å². The molecule has 3 N–H and O–H groups in total. The summed E-state index contributed by atoms with van der Waals surface area (Å²) in [6, 6.07) is 1.88. The molecule has 150 valence electrons. The Bertz CT molecular complexity index is 745. The van der Waals surface area contributed by atoms with Crippen LogP contribution in [-0.4, -0.2) is 40.3 Å². The van der Waals surface area contributed by atoms with Crippen LogP contribution in [-0.2, 0) is 12.1 Å². The van der Waals surface area contributed by atoms with Crippen LogP contribution in [0.5, 0.6) is 0 Å². The quantitative estimate of drug-likeness (QED) is 0.356. The number of nitrogens with one attached hydrogen (secondary N) is 2. The SMILES string of the molecule is CCNC(=NCC(C)(O)c1cc(C)oc1C)NCCCCn1ccnc1C. The standard InChI is InChI=1S/C20H33N5O2/c1-6-21-19(23-9-7-8-11-25-12-10-22-17(25)4)24-14-20(5,26)18-13-15(2)27-16(18)3/h10,12-13,26H,6-9,11,14H2,1-5H3,(H2,21,23,24). The Morgan fingerprint density at radius 2 is 2.07 bits per heavy atom. The first kappa shape index (κ1) is 21.0. The van der Waals surface area contributed by atoms with Gasteiger partial charge in [-0.25, -0.2) is 9.98 Å². The summed E-state index contributed by atoms with van der Waals surface area (Å²) in [5, 5.41) is 17.4. The van der Waals surface area contributed by atoms with Crippen molar-refractivity contribution < 1.29 is 9.52 Å². The van der Waals surface area contributed by atoms with Crippen LogP contribution in [0.25, 0.3) is 0 Å². The monoisotopic (exact) mass is 375 g/mol. The fourth-order valence-corrected chi connectivity index (χ4v) is 3.08. The third-order valence-electron chi connectivity index (χ3n) is 4.55. The molecule has 0 aliphatic rings. The highest BCUT2D eigenvalue weighted by molar-refractivity contribution is 5.79. The van der Waals surface area contributed by atoms with E-state index in [0.717, 1.165) is 61.3 Å². The molecule has 0 saturated heterocycles. The molecule has 0 aliphatic heterocycles. The molecule has 0 amide bonds. The Kier molecular flexibility index (Phi) is 7.47.